The molecule has 0 aliphatic carbocycles. The summed E-state index contributed by atoms with van der Waals surface area (Å²) < 4.78 is 64.9. The van der Waals surface area contributed by atoms with Gasteiger partial charge in [0.25, 0.3) is 10.0 Å². The summed E-state index contributed by atoms with van der Waals surface area (Å²) in [6, 6.07) is 14.3. The maximum atomic E-state index is 13.0. The van der Waals surface area contributed by atoms with Gasteiger partial charge in [-0.05, 0) is 80.4 Å². The van der Waals surface area contributed by atoms with Crippen molar-refractivity contribution in [2.45, 2.75) is 31.7 Å². The normalized spacial score (nSPS) is 12.4. The molecular formula is C26H31N3O7S2. The van der Waals surface area contributed by atoms with E-state index in [1.807, 2.05) is 13.8 Å². The first-order valence-electron chi connectivity index (χ1n) is 11.5. The predicted molar refractivity (Wildman–Crippen MR) is 148 cm³/mol. The van der Waals surface area contributed by atoms with Crippen molar-refractivity contribution in [1.29, 1.82) is 0 Å². The van der Waals surface area contributed by atoms with Gasteiger partial charge in [0.2, 0.25) is 15.9 Å². The van der Waals surface area contributed by atoms with Crippen LogP contribution in [-0.2, 0) is 24.8 Å². The third kappa shape index (κ3) is 6.56. The summed E-state index contributed by atoms with van der Waals surface area (Å²) in [5, 5.41) is 2.66. The number of aryl methyl sites for hydroxylation is 2. The fraction of sp³-hybridized carbons (Fsp3) is 0.269. The fourth-order valence-corrected chi connectivity index (χ4v) is 5.96. The first-order valence-corrected chi connectivity index (χ1v) is 14.8. The predicted octanol–water partition coefficient (Wildman–Crippen LogP) is 3.91. The second-order valence-corrected chi connectivity index (χ2v) is 12.2. The molecule has 38 heavy (non-hydrogen) atoms. The highest BCUT2D eigenvalue weighted by Crippen LogP contribution is 2.31. The molecule has 0 aliphatic rings. The van der Waals surface area contributed by atoms with Crippen LogP contribution in [0.5, 0.6) is 11.5 Å². The highest BCUT2D eigenvalue weighted by molar-refractivity contribution is 7.92. The Morgan fingerprint density at radius 2 is 1.53 bits per heavy atom. The molecule has 1 atom stereocenters. The van der Waals surface area contributed by atoms with Crippen molar-refractivity contribution in [2.24, 2.45) is 0 Å². The van der Waals surface area contributed by atoms with Crippen molar-refractivity contribution < 1.29 is 31.1 Å². The lowest BCUT2D eigenvalue weighted by atomic mass is 10.1. The number of hydrogen-bond donors (Lipinski definition) is 2. The van der Waals surface area contributed by atoms with Gasteiger partial charge in [-0.15, -0.1) is 0 Å². The molecule has 204 valence electrons. The number of nitrogens with one attached hydrogen (secondary N) is 2. The molecule has 0 aromatic heterocycles. The molecule has 0 saturated carbocycles. The van der Waals surface area contributed by atoms with Gasteiger partial charge in [-0.3, -0.25) is 13.8 Å². The van der Waals surface area contributed by atoms with Gasteiger partial charge in [0.05, 0.1) is 36.7 Å². The molecule has 0 heterocycles. The first-order chi connectivity index (χ1) is 17.8. The van der Waals surface area contributed by atoms with Crippen LogP contribution in [0.3, 0.4) is 0 Å². The number of nitrogens with zero attached hydrogens (tertiary/aromatic N) is 1. The van der Waals surface area contributed by atoms with Crippen molar-refractivity contribution >= 4 is 43.0 Å². The molecule has 3 aromatic rings. The van der Waals surface area contributed by atoms with E-state index < -0.39 is 32.0 Å². The van der Waals surface area contributed by atoms with Crippen LogP contribution in [0.15, 0.2) is 65.6 Å². The minimum atomic E-state index is -3.97. The Hall–Kier alpha value is -3.77. The molecule has 12 heteroatoms. The van der Waals surface area contributed by atoms with Crippen LogP contribution in [-0.4, -0.2) is 49.3 Å². The number of amides is 1. The van der Waals surface area contributed by atoms with Gasteiger partial charge in [-0.25, -0.2) is 16.8 Å². The van der Waals surface area contributed by atoms with Crippen LogP contribution in [0.2, 0.25) is 0 Å². The number of carbonyl (C=O) groups is 1. The summed E-state index contributed by atoms with van der Waals surface area (Å²) >= 11 is 0. The van der Waals surface area contributed by atoms with Crippen LogP contribution in [0.4, 0.5) is 17.1 Å². The number of benzene rings is 3. The summed E-state index contributed by atoms with van der Waals surface area (Å²) in [5.74, 6) is 0.210. The molecule has 2 N–H and O–H groups in total. The average molecular weight is 562 g/mol. The van der Waals surface area contributed by atoms with E-state index in [4.69, 9.17) is 9.47 Å². The Bertz CT molecular complexity index is 1540. The lowest BCUT2D eigenvalue weighted by Crippen LogP contribution is -2.45. The molecule has 0 bridgehead atoms. The van der Waals surface area contributed by atoms with E-state index in [0.29, 0.717) is 17.1 Å². The molecule has 0 aliphatic heterocycles. The Balaban J connectivity index is 1.78. The van der Waals surface area contributed by atoms with E-state index in [-0.39, 0.29) is 16.3 Å². The first kappa shape index (κ1) is 28.8. The summed E-state index contributed by atoms with van der Waals surface area (Å²) in [6.45, 7) is 5.25. The molecule has 0 radical (unpaired) electrons. The van der Waals surface area contributed by atoms with Gasteiger partial charge < -0.3 is 14.8 Å². The van der Waals surface area contributed by atoms with Crippen molar-refractivity contribution in [1.82, 2.24) is 0 Å². The third-order valence-electron chi connectivity index (χ3n) is 5.92. The van der Waals surface area contributed by atoms with Crippen molar-refractivity contribution in [3.63, 3.8) is 0 Å². The molecule has 3 rings (SSSR count). The highest BCUT2D eigenvalue weighted by Gasteiger charge is 2.29. The maximum absolute atomic E-state index is 13.0. The summed E-state index contributed by atoms with van der Waals surface area (Å²) in [6.07, 6.45) is 1.04. The average Bonchev–Trinajstić information content (AvgIpc) is 2.85. The molecule has 0 fully saturated rings. The lowest BCUT2D eigenvalue weighted by Gasteiger charge is -2.28. The van der Waals surface area contributed by atoms with Crippen molar-refractivity contribution in [2.75, 3.05) is 34.8 Å². The quantitative estimate of drug-likeness (QED) is 0.384. The van der Waals surface area contributed by atoms with Crippen LogP contribution in [0.1, 0.15) is 18.1 Å². The van der Waals surface area contributed by atoms with E-state index >= 15 is 0 Å². The molecule has 1 amide bonds. The van der Waals surface area contributed by atoms with Gasteiger partial charge in [0.1, 0.15) is 17.5 Å². The standard InChI is InChI=1S/C26H31N3O7S2/c1-17-7-10-21(15-18(17)2)29(37(6,31)32)19(3)26(30)27-20-8-12-23(13-9-20)38(33,34)28-24-14-11-22(35-4)16-25(24)36-5/h7-16,19,28H,1-6H3,(H,27,30)/t19-/m0/s1. The number of methoxy groups -OCH3 is 2. The zero-order chi connectivity index (χ0) is 28.3. The van der Waals surface area contributed by atoms with E-state index in [0.717, 1.165) is 21.7 Å². The minimum absolute atomic E-state index is 0.0469. The zero-order valence-electron chi connectivity index (χ0n) is 22.0. The largest absolute Gasteiger partial charge is 0.497 e. The second kappa shape index (κ2) is 11.3. The van der Waals surface area contributed by atoms with Crippen molar-refractivity contribution in [3.05, 3.63) is 71.8 Å². The number of hydrogen-bond acceptors (Lipinski definition) is 7. The lowest BCUT2D eigenvalue weighted by molar-refractivity contribution is -0.116. The molecule has 10 nitrogen and oxygen atoms in total. The van der Waals surface area contributed by atoms with Gasteiger partial charge in [0, 0.05) is 11.8 Å². The summed E-state index contributed by atoms with van der Waals surface area (Å²) in [7, 11) is -4.86. The third-order valence-corrected chi connectivity index (χ3v) is 8.54. The fourth-order valence-electron chi connectivity index (χ4n) is 3.72. The van der Waals surface area contributed by atoms with E-state index in [2.05, 4.69) is 10.0 Å². The second-order valence-electron chi connectivity index (χ2n) is 8.69. The number of ether oxygens (including phenoxy) is 2. The highest BCUT2D eigenvalue weighted by atomic mass is 32.2. The molecule has 3 aromatic carbocycles. The SMILES string of the molecule is COc1ccc(NS(=O)(=O)c2ccc(NC(=O)[C@H](C)N(c3ccc(C)c(C)c3)S(C)(=O)=O)cc2)c(OC)c1. The van der Waals surface area contributed by atoms with Crippen LogP contribution in [0, 0.1) is 13.8 Å². The van der Waals surface area contributed by atoms with E-state index in [1.165, 1.54) is 51.5 Å². The minimum Gasteiger partial charge on any atom is -0.497 e. The summed E-state index contributed by atoms with van der Waals surface area (Å²) in [4.78, 5) is 13.0. The molecule has 0 spiro atoms. The maximum Gasteiger partial charge on any atom is 0.262 e. The van der Waals surface area contributed by atoms with Gasteiger partial charge in [-0.2, -0.15) is 0 Å². The van der Waals surface area contributed by atoms with Crippen LogP contribution in [0.25, 0.3) is 0 Å². The van der Waals surface area contributed by atoms with E-state index in [9.17, 15) is 21.6 Å². The Morgan fingerprint density at radius 3 is 2.08 bits per heavy atom. The number of sulfonamides is 2. The summed E-state index contributed by atoms with van der Waals surface area (Å²) in [5.41, 5.74) is 2.79. The number of anilines is 3. The zero-order valence-corrected chi connectivity index (χ0v) is 23.6. The topological polar surface area (TPSA) is 131 Å². The van der Waals surface area contributed by atoms with Crippen LogP contribution >= 0.6 is 0 Å². The number of rotatable bonds is 10. The monoisotopic (exact) mass is 561 g/mol. The number of carbonyl (C=O) groups excluding carboxylic acids is 1. The molecular weight excluding hydrogens is 530 g/mol. The smallest absolute Gasteiger partial charge is 0.262 e. The Morgan fingerprint density at radius 1 is 0.868 bits per heavy atom. The Labute approximate surface area is 223 Å². The van der Waals surface area contributed by atoms with Gasteiger partial charge >= 0.3 is 0 Å². The van der Waals surface area contributed by atoms with Crippen LogP contribution < -0.4 is 23.8 Å². The van der Waals surface area contributed by atoms with Gasteiger partial charge in [0.15, 0.2) is 0 Å². The van der Waals surface area contributed by atoms with Gasteiger partial charge in [-0.1, -0.05) is 6.07 Å². The molecule has 0 saturated heterocycles. The molecule has 0 unspecified atom stereocenters. The van der Waals surface area contributed by atoms with E-state index in [1.54, 1.807) is 30.3 Å². The Kier molecular flexibility index (Phi) is 8.58. The van der Waals surface area contributed by atoms with Crippen molar-refractivity contribution in [3.8, 4) is 11.5 Å².